The zero-order chi connectivity index (χ0) is 20.7. The standard InChI is InChI=1S/C13H12FN3O10/c14-4-6(18)3-2(5(15)7(4)19)1-17(8(3)20)11(23)9(21)16-10(22)12(24,25)13(11,26)27/h18-19,23-27H,1,15H2,(H,16,21,22). The summed E-state index contributed by atoms with van der Waals surface area (Å²) in [6.07, 6.45) is 0. The van der Waals surface area contributed by atoms with Crippen LogP contribution in [-0.4, -0.2) is 75.7 Å². The molecular weight excluding hydrogens is 377 g/mol. The second kappa shape index (κ2) is 5.02. The van der Waals surface area contributed by atoms with Gasteiger partial charge in [-0.1, -0.05) is 0 Å². The number of nitrogens with one attached hydrogen (secondary N) is 1. The van der Waals surface area contributed by atoms with E-state index >= 15 is 0 Å². The van der Waals surface area contributed by atoms with Crippen molar-refractivity contribution in [2.75, 3.05) is 5.73 Å². The molecule has 0 aromatic heterocycles. The fourth-order valence-electron chi connectivity index (χ4n) is 2.93. The molecule has 27 heavy (non-hydrogen) atoms. The summed E-state index contributed by atoms with van der Waals surface area (Å²) >= 11 is 0. The summed E-state index contributed by atoms with van der Waals surface area (Å²) in [6, 6.07) is 0. The van der Waals surface area contributed by atoms with E-state index in [9.17, 15) is 54.5 Å². The molecule has 0 bridgehead atoms. The normalized spacial score (nSPS) is 26.1. The number of piperidine rings is 1. The van der Waals surface area contributed by atoms with Crippen LogP contribution in [0.5, 0.6) is 11.5 Å². The molecule has 0 spiro atoms. The van der Waals surface area contributed by atoms with Gasteiger partial charge in [0.15, 0.2) is 11.5 Å². The Morgan fingerprint density at radius 2 is 1.56 bits per heavy atom. The average Bonchev–Trinajstić information content (AvgIpc) is 2.93. The molecule has 146 valence electrons. The first kappa shape index (κ1) is 18.7. The summed E-state index contributed by atoms with van der Waals surface area (Å²) in [5.74, 6) is -18.4. The second-order valence-electron chi connectivity index (χ2n) is 5.97. The van der Waals surface area contributed by atoms with E-state index in [-0.39, 0.29) is 4.90 Å². The van der Waals surface area contributed by atoms with E-state index in [1.54, 1.807) is 0 Å². The average molecular weight is 389 g/mol. The number of phenols is 2. The SMILES string of the molecule is Nc1c(O)c(F)c(O)c2c1CN(C1(O)C(=O)NC(=O)C(O)(O)C1(O)O)C2=O. The molecule has 2 heterocycles. The lowest BCUT2D eigenvalue weighted by Gasteiger charge is -2.49. The molecule has 0 saturated carbocycles. The lowest BCUT2D eigenvalue weighted by atomic mass is 9.86. The topological polar surface area (TPSA) is 234 Å². The molecule has 13 nitrogen and oxygen atoms in total. The van der Waals surface area contributed by atoms with Crippen molar-refractivity contribution in [3.05, 3.63) is 16.9 Å². The number of carbonyl (C=O) groups excluding carboxylic acids is 3. The lowest BCUT2D eigenvalue weighted by molar-refractivity contribution is -0.407. The van der Waals surface area contributed by atoms with Crippen LogP contribution in [-0.2, 0) is 16.1 Å². The molecule has 1 unspecified atom stereocenters. The number of rotatable bonds is 1. The second-order valence-corrected chi connectivity index (χ2v) is 5.97. The van der Waals surface area contributed by atoms with Crippen LogP contribution in [0, 0.1) is 5.82 Å². The first-order chi connectivity index (χ1) is 12.2. The number of imide groups is 1. The van der Waals surface area contributed by atoms with Gasteiger partial charge < -0.3 is 41.5 Å². The molecule has 1 aromatic carbocycles. The van der Waals surface area contributed by atoms with Crippen molar-refractivity contribution in [2.45, 2.75) is 23.8 Å². The van der Waals surface area contributed by atoms with Crippen molar-refractivity contribution in [1.82, 2.24) is 10.2 Å². The van der Waals surface area contributed by atoms with Crippen molar-refractivity contribution in [3.63, 3.8) is 0 Å². The Bertz CT molecular complexity index is 930. The van der Waals surface area contributed by atoms with Crippen molar-refractivity contribution >= 4 is 23.4 Å². The third-order valence-electron chi connectivity index (χ3n) is 4.53. The quantitative estimate of drug-likeness (QED) is 0.0729. The van der Waals surface area contributed by atoms with E-state index < -0.39 is 75.7 Å². The van der Waals surface area contributed by atoms with Gasteiger partial charge in [-0.25, -0.2) is 0 Å². The minimum atomic E-state index is -4.36. The van der Waals surface area contributed by atoms with Crippen LogP contribution in [0.4, 0.5) is 10.1 Å². The van der Waals surface area contributed by atoms with Crippen molar-refractivity contribution in [2.24, 2.45) is 0 Å². The van der Waals surface area contributed by atoms with Crippen molar-refractivity contribution < 1.29 is 54.5 Å². The number of anilines is 1. The molecular formula is C13H12FN3O10. The Labute approximate surface area is 147 Å². The number of aliphatic hydroxyl groups is 5. The number of nitrogen functional groups attached to an aromatic ring is 1. The van der Waals surface area contributed by atoms with Crippen LogP contribution in [0.2, 0.25) is 0 Å². The van der Waals surface area contributed by atoms with Crippen molar-refractivity contribution in [1.29, 1.82) is 0 Å². The van der Waals surface area contributed by atoms with Gasteiger partial charge in [-0.05, 0) is 0 Å². The van der Waals surface area contributed by atoms with Crippen LogP contribution in [0.25, 0.3) is 0 Å². The van der Waals surface area contributed by atoms with E-state index in [0.717, 1.165) is 0 Å². The fraction of sp³-hybridized carbons (Fsp3) is 0.308. The largest absolute Gasteiger partial charge is 0.504 e. The number of halogens is 1. The summed E-state index contributed by atoms with van der Waals surface area (Å²) in [5.41, 5.74) is -0.669. The van der Waals surface area contributed by atoms with Crippen LogP contribution in [0.3, 0.4) is 0 Å². The summed E-state index contributed by atoms with van der Waals surface area (Å²) < 4.78 is 13.8. The smallest absolute Gasteiger partial charge is 0.306 e. The van der Waals surface area contributed by atoms with Gasteiger partial charge in [0.2, 0.25) is 5.82 Å². The van der Waals surface area contributed by atoms with Gasteiger partial charge >= 0.3 is 5.79 Å². The molecule has 14 heteroatoms. The zero-order valence-electron chi connectivity index (χ0n) is 13.0. The maximum atomic E-state index is 13.8. The highest BCUT2D eigenvalue weighted by Crippen LogP contribution is 2.47. The maximum Gasteiger partial charge on any atom is 0.306 e. The van der Waals surface area contributed by atoms with Gasteiger partial charge in [0.05, 0.1) is 17.8 Å². The van der Waals surface area contributed by atoms with Crippen LogP contribution < -0.4 is 11.1 Å². The third kappa shape index (κ3) is 1.89. The molecule has 2 aliphatic rings. The predicted octanol–water partition coefficient (Wildman–Crippen LogP) is -4.52. The van der Waals surface area contributed by atoms with Gasteiger partial charge in [0.25, 0.3) is 29.2 Å². The maximum absolute atomic E-state index is 13.8. The fourth-order valence-corrected chi connectivity index (χ4v) is 2.93. The Hall–Kier alpha value is -3.04. The number of nitrogens with two attached hydrogens (primary N) is 1. The Balaban J connectivity index is 2.22. The van der Waals surface area contributed by atoms with E-state index in [1.165, 1.54) is 5.32 Å². The molecule has 1 atom stereocenters. The first-order valence-electron chi connectivity index (χ1n) is 7.02. The minimum absolute atomic E-state index is 0.102. The van der Waals surface area contributed by atoms with E-state index in [0.29, 0.717) is 0 Å². The molecule has 0 aliphatic carbocycles. The number of aromatic hydroxyl groups is 2. The molecule has 2 aliphatic heterocycles. The van der Waals surface area contributed by atoms with E-state index in [1.807, 2.05) is 0 Å². The molecule has 10 N–H and O–H groups in total. The van der Waals surface area contributed by atoms with Gasteiger partial charge in [0, 0.05) is 5.56 Å². The van der Waals surface area contributed by atoms with E-state index in [4.69, 9.17) is 5.73 Å². The number of nitrogens with zero attached hydrogens (tertiary/aromatic N) is 1. The number of hydrogen-bond acceptors (Lipinski definition) is 11. The molecule has 3 amide bonds. The monoisotopic (exact) mass is 389 g/mol. The van der Waals surface area contributed by atoms with Crippen LogP contribution in [0.1, 0.15) is 15.9 Å². The highest BCUT2D eigenvalue weighted by molar-refractivity contribution is 6.11. The molecule has 3 rings (SSSR count). The summed E-state index contributed by atoms with van der Waals surface area (Å²) in [6.45, 7) is -1.02. The Morgan fingerprint density at radius 3 is 2.11 bits per heavy atom. The van der Waals surface area contributed by atoms with Gasteiger partial charge in [-0.3, -0.25) is 24.6 Å². The third-order valence-corrected chi connectivity index (χ3v) is 4.53. The Morgan fingerprint density at radius 1 is 1.00 bits per heavy atom. The van der Waals surface area contributed by atoms with Crippen molar-refractivity contribution in [3.8, 4) is 11.5 Å². The highest BCUT2D eigenvalue weighted by atomic mass is 19.1. The lowest BCUT2D eigenvalue weighted by Crippen LogP contribution is -2.85. The predicted molar refractivity (Wildman–Crippen MR) is 76.5 cm³/mol. The minimum Gasteiger partial charge on any atom is -0.504 e. The summed E-state index contributed by atoms with van der Waals surface area (Å²) in [5, 5.41) is 70.2. The number of phenolic OH excluding ortho intramolecular Hbond substituents is 2. The van der Waals surface area contributed by atoms with Gasteiger partial charge in [-0.2, -0.15) is 4.39 Å². The number of fused-ring (bicyclic) bond motifs is 1. The van der Waals surface area contributed by atoms with Gasteiger partial charge in [0.1, 0.15) is 0 Å². The van der Waals surface area contributed by atoms with Gasteiger partial charge in [-0.15, -0.1) is 0 Å². The zero-order valence-corrected chi connectivity index (χ0v) is 13.0. The van der Waals surface area contributed by atoms with E-state index in [2.05, 4.69) is 0 Å². The summed E-state index contributed by atoms with van der Waals surface area (Å²) in [7, 11) is 0. The number of hydrogen-bond donors (Lipinski definition) is 9. The molecule has 0 radical (unpaired) electrons. The molecule has 1 saturated heterocycles. The number of amides is 3. The number of benzene rings is 1. The molecule has 1 fully saturated rings. The highest BCUT2D eigenvalue weighted by Gasteiger charge is 2.76. The van der Waals surface area contributed by atoms with Crippen LogP contribution >= 0.6 is 0 Å². The first-order valence-corrected chi connectivity index (χ1v) is 7.02. The summed E-state index contributed by atoms with van der Waals surface area (Å²) in [4.78, 5) is 35.9. The molecule has 1 aromatic rings. The Kier molecular flexibility index (Phi) is 3.49. The number of carbonyl (C=O) groups is 3. The van der Waals surface area contributed by atoms with Crippen LogP contribution in [0.15, 0.2) is 0 Å².